The van der Waals surface area contributed by atoms with Gasteiger partial charge in [-0.2, -0.15) is 0 Å². The van der Waals surface area contributed by atoms with E-state index < -0.39 is 5.97 Å². The number of aliphatic carboxylic acids is 1. The zero-order chi connectivity index (χ0) is 6.99. The van der Waals surface area contributed by atoms with Gasteiger partial charge in [0.1, 0.15) is 0 Å². The van der Waals surface area contributed by atoms with E-state index in [0.29, 0.717) is 0 Å². The van der Waals surface area contributed by atoms with E-state index in [1.807, 2.05) is 6.08 Å². The Labute approximate surface area is 60.0 Å². The second kappa shape index (κ2) is 9.98. The summed E-state index contributed by atoms with van der Waals surface area (Å²) in [5.74, 6) is -1.08. The first-order valence-electron chi connectivity index (χ1n) is 1.95. The Bertz CT molecular complexity index is 66.8. The van der Waals surface area contributed by atoms with Crippen molar-refractivity contribution >= 4 is 5.97 Å². The maximum atomic E-state index is 8.89. The van der Waals surface area contributed by atoms with Crippen LogP contribution >= 0.6 is 0 Å². The minimum atomic E-state index is -1.08. The van der Waals surface area contributed by atoms with Gasteiger partial charge in [0.25, 0.3) is 0 Å². The third kappa shape index (κ3) is 183. The fourth-order valence-corrected chi connectivity index (χ4v) is 0. The molecule has 0 amide bonds. The van der Waals surface area contributed by atoms with Gasteiger partial charge in [-0.3, -0.25) is 0 Å². The van der Waals surface area contributed by atoms with E-state index in [2.05, 4.69) is 25.8 Å². The average Bonchev–Trinajstić information content (AvgIpc) is 1.65. The number of carboxylic acid groups (broad SMARTS) is 1. The van der Waals surface area contributed by atoms with Gasteiger partial charge in [0.2, 0.25) is 0 Å². The van der Waals surface area contributed by atoms with E-state index in [4.69, 9.17) is 9.90 Å². The van der Waals surface area contributed by atoms with Crippen molar-refractivity contribution in [1.29, 1.82) is 0 Å². The fourth-order valence-electron chi connectivity index (χ4n) is 0. The molecule has 0 aromatic carbocycles. The quantitative estimate of drug-likeness (QED) is 0.444. The normalized spacial score (nSPS) is 6.38. The summed E-state index contributed by atoms with van der Waals surface area (Å²) < 4.78 is 0. The Morgan fingerprint density at radius 1 is 2.00 bits per heavy atom. The predicted octanol–water partition coefficient (Wildman–Crippen LogP) is -0.106. The molecule has 0 rings (SSSR count). The van der Waals surface area contributed by atoms with Gasteiger partial charge in [-0.05, 0) is 6.92 Å². The maximum absolute atomic E-state index is 8.89. The number of carboxylic acids is 1. The van der Waals surface area contributed by atoms with Crippen LogP contribution in [0.2, 0.25) is 4.89 Å². The molecule has 0 aliphatic carbocycles. The van der Waals surface area contributed by atoms with E-state index in [0.717, 1.165) is 11.8 Å². The third-order valence-electron chi connectivity index (χ3n) is 0.0913. The van der Waals surface area contributed by atoms with Gasteiger partial charge >= 0.3 is 36.8 Å². The SMILES string of the molecule is C=C[CH2][Pd+].CC(=O)[O-]. The van der Waals surface area contributed by atoms with Crippen molar-refractivity contribution in [2.24, 2.45) is 0 Å². The summed E-state index contributed by atoms with van der Waals surface area (Å²) in [5.41, 5.74) is 0. The predicted molar refractivity (Wildman–Crippen MR) is 25.7 cm³/mol. The summed E-state index contributed by atoms with van der Waals surface area (Å²) in [6.45, 7) is 4.41. The average molecular weight is 207 g/mol. The van der Waals surface area contributed by atoms with Crippen LogP contribution in [0.15, 0.2) is 12.7 Å². The molecule has 0 aromatic heterocycles. The van der Waals surface area contributed by atoms with E-state index >= 15 is 0 Å². The molecule has 0 unspecified atom stereocenters. The summed E-state index contributed by atoms with van der Waals surface area (Å²) in [6.07, 6.45) is 1.81. The number of hydrogen-bond acceptors (Lipinski definition) is 2. The molecular formula is C5H8O2Pd. The standard InChI is InChI=1S/C3H5.C2H4O2.Pd/c1-3-2;1-2(3)4;/h3H,1-2H2;1H3,(H,3,4);/q;;+1/p-1. The van der Waals surface area contributed by atoms with Crippen LogP contribution in [0.3, 0.4) is 0 Å². The van der Waals surface area contributed by atoms with Crippen LogP contribution < -0.4 is 5.11 Å². The van der Waals surface area contributed by atoms with Gasteiger partial charge < -0.3 is 9.90 Å². The Hall–Kier alpha value is -0.128. The molecule has 3 heteroatoms. The number of carbonyl (C=O) groups excluding carboxylic acids is 1. The summed E-state index contributed by atoms with van der Waals surface area (Å²) in [4.78, 5) is 9.82. The molecule has 50 valence electrons. The van der Waals surface area contributed by atoms with Crippen LogP contribution in [0.4, 0.5) is 0 Å². The molecule has 0 aromatic rings. The minimum absolute atomic E-state index is 0.933. The van der Waals surface area contributed by atoms with Crippen molar-refractivity contribution in [2.75, 3.05) is 0 Å². The molecule has 0 radical (unpaired) electrons. The molecule has 0 aliphatic rings. The minimum Gasteiger partial charge on any atom is -0.550 e. The second-order valence-corrected chi connectivity index (χ2v) is 1.54. The van der Waals surface area contributed by atoms with Crippen LogP contribution in [-0.2, 0) is 24.0 Å². The van der Waals surface area contributed by atoms with E-state index in [1.54, 1.807) is 0 Å². The first kappa shape index (κ1) is 10.8. The molecule has 0 bridgehead atoms. The fraction of sp³-hybridized carbons (Fsp3) is 0.400. The molecule has 0 saturated carbocycles. The monoisotopic (exact) mass is 206 g/mol. The van der Waals surface area contributed by atoms with E-state index in [-0.39, 0.29) is 0 Å². The van der Waals surface area contributed by atoms with Crippen LogP contribution in [0.25, 0.3) is 0 Å². The molecule has 0 fully saturated rings. The summed E-state index contributed by atoms with van der Waals surface area (Å²) in [7, 11) is 0. The van der Waals surface area contributed by atoms with Crippen LogP contribution in [0.1, 0.15) is 6.92 Å². The van der Waals surface area contributed by atoms with Crippen molar-refractivity contribution in [2.45, 2.75) is 11.8 Å². The smallest absolute Gasteiger partial charge is 0.0383 e. The Morgan fingerprint density at radius 3 is 2.12 bits per heavy atom. The van der Waals surface area contributed by atoms with E-state index in [9.17, 15) is 0 Å². The van der Waals surface area contributed by atoms with Crippen LogP contribution in [0, 0.1) is 0 Å². The number of hydrogen-bond donors (Lipinski definition) is 0. The van der Waals surface area contributed by atoms with Crippen molar-refractivity contribution in [3.63, 3.8) is 0 Å². The maximum Gasteiger partial charge on any atom is 0.0383 e. The van der Waals surface area contributed by atoms with Gasteiger partial charge in [-0.25, -0.2) is 0 Å². The molecule has 0 atom stereocenters. The Kier molecular flexibility index (Phi) is 13.5. The van der Waals surface area contributed by atoms with Gasteiger partial charge in [-0.1, -0.05) is 0 Å². The van der Waals surface area contributed by atoms with Gasteiger partial charge in [-0.15, -0.1) is 0 Å². The second-order valence-electron chi connectivity index (χ2n) is 0.909. The molecule has 8 heavy (non-hydrogen) atoms. The summed E-state index contributed by atoms with van der Waals surface area (Å²) in [6, 6.07) is 0. The zero-order valence-corrected chi connectivity index (χ0v) is 6.18. The molecule has 0 N–H and O–H groups in total. The van der Waals surface area contributed by atoms with Gasteiger partial charge in [0.15, 0.2) is 0 Å². The Morgan fingerprint density at radius 2 is 2.12 bits per heavy atom. The number of allylic oxidation sites excluding steroid dienone is 1. The molecular weight excluding hydrogens is 198 g/mol. The first-order chi connectivity index (χ1) is 3.65. The van der Waals surface area contributed by atoms with Crippen LogP contribution in [0.5, 0.6) is 0 Å². The third-order valence-corrected chi connectivity index (χ3v) is 0.540. The molecule has 0 aliphatic heterocycles. The largest absolute Gasteiger partial charge is 0.550 e. The van der Waals surface area contributed by atoms with Crippen molar-refractivity contribution in [3.8, 4) is 0 Å². The molecule has 2 nitrogen and oxygen atoms in total. The Balaban J connectivity index is 0. The molecule has 0 spiro atoms. The summed E-state index contributed by atoms with van der Waals surface area (Å²) in [5, 5.41) is 8.89. The summed E-state index contributed by atoms with van der Waals surface area (Å²) >= 11 is 2.92. The zero-order valence-electron chi connectivity index (χ0n) is 4.62. The van der Waals surface area contributed by atoms with Crippen molar-refractivity contribution in [1.82, 2.24) is 0 Å². The first-order valence-corrected chi connectivity index (χ1v) is 3.05. The number of carbonyl (C=O) groups is 1. The van der Waals surface area contributed by atoms with Crippen molar-refractivity contribution in [3.05, 3.63) is 12.7 Å². The molecule has 0 saturated heterocycles. The van der Waals surface area contributed by atoms with Gasteiger partial charge in [0.05, 0.1) is 0 Å². The topological polar surface area (TPSA) is 40.1 Å². The van der Waals surface area contributed by atoms with Gasteiger partial charge in [0, 0.05) is 5.97 Å². The van der Waals surface area contributed by atoms with Crippen LogP contribution in [-0.4, -0.2) is 5.97 Å². The van der Waals surface area contributed by atoms with E-state index in [1.165, 1.54) is 0 Å². The number of rotatable bonds is 1. The molecule has 0 heterocycles. The van der Waals surface area contributed by atoms with Crippen molar-refractivity contribution < 1.29 is 29.1 Å².